The van der Waals surface area contributed by atoms with Crippen molar-refractivity contribution in [3.05, 3.63) is 39.6 Å². The highest BCUT2D eigenvalue weighted by molar-refractivity contribution is 9.10. The third-order valence-corrected chi connectivity index (χ3v) is 3.87. The molecule has 0 saturated heterocycles. The molecule has 4 nitrogen and oxygen atoms in total. The number of nitrogens with zero attached hydrogens (tertiary/aromatic N) is 2. The zero-order valence-electron chi connectivity index (χ0n) is 9.08. The lowest BCUT2D eigenvalue weighted by atomic mass is 10.2. The number of nitrogens with two attached hydrogens (primary N) is 1. The monoisotopic (exact) mass is 326 g/mol. The lowest BCUT2D eigenvalue weighted by Crippen LogP contribution is -2.01. The highest BCUT2D eigenvalue weighted by atomic mass is 79.9. The fourth-order valence-corrected chi connectivity index (χ4v) is 2.43. The van der Waals surface area contributed by atoms with E-state index in [4.69, 9.17) is 11.0 Å². The maximum Gasteiger partial charge on any atom is 0.157 e. The molecule has 0 aliphatic heterocycles. The molecule has 0 radical (unpaired) electrons. The summed E-state index contributed by atoms with van der Waals surface area (Å²) in [5.41, 5.74) is 6.62. The van der Waals surface area contributed by atoms with Crippen molar-refractivity contribution in [2.24, 2.45) is 0 Å². The van der Waals surface area contributed by atoms with E-state index in [0.29, 0.717) is 17.1 Å². The summed E-state index contributed by atoms with van der Waals surface area (Å²) in [5.74, 6) is -0.0948. The van der Waals surface area contributed by atoms with Crippen LogP contribution in [-0.2, 0) is 6.54 Å². The van der Waals surface area contributed by atoms with Crippen LogP contribution in [0.2, 0.25) is 0 Å². The summed E-state index contributed by atoms with van der Waals surface area (Å²) >= 11 is 4.45. The van der Waals surface area contributed by atoms with Crippen LogP contribution in [0.5, 0.6) is 0 Å². The second-order valence-electron chi connectivity index (χ2n) is 3.47. The molecular formula is C11H8BrFN4S. The highest BCUT2D eigenvalue weighted by Gasteiger charge is 2.11. The van der Waals surface area contributed by atoms with Crippen LogP contribution >= 0.6 is 27.5 Å². The van der Waals surface area contributed by atoms with Gasteiger partial charge in [-0.2, -0.15) is 9.64 Å². The lowest BCUT2D eigenvalue weighted by molar-refractivity contribution is 0.625. The molecule has 1 aromatic carbocycles. The summed E-state index contributed by atoms with van der Waals surface area (Å²) in [5, 5.41) is 12.5. The largest absolute Gasteiger partial charge is 0.382 e. The fourth-order valence-electron chi connectivity index (χ4n) is 1.39. The van der Waals surface area contributed by atoms with Gasteiger partial charge in [0.25, 0.3) is 0 Å². The first-order valence-corrected chi connectivity index (χ1v) is 6.51. The van der Waals surface area contributed by atoms with Gasteiger partial charge >= 0.3 is 0 Å². The van der Waals surface area contributed by atoms with E-state index in [9.17, 15) is 4.39 Å². The summed E-state index contributed by atoms with van der Waals surface area (Å²) in [4.78, 5) is 0. The van der Waals surface area contributed by atoms with Crippen molar-refractivity contribution in [2.45, 2.75) is 6.54 Å². The Labute approximate surface area is 116 Å². The van der Waals surface area contributed by atoms with Crippen LogP contribution in [-0.4, -0.2) is 4.37 Å². The van der Waals surface area contributed by atoms with Gasteiger partial charge in [-0.05, 0) is 35.3 Å². The summed E-state index contributed by atoms with van der Waals surface area (Å²) in [6.45, 7) is 0.384. The van der Waals surface area contributed by atoms with Crippen LogP contribution < -0.4 is 11.1 Å². The Morgan fingerprint density at radius 3 is 3.06 bits per heavy atom. The van der Waals surface area contributed by atoms with E-state index in [2.05, 4.69) is 25.6 Å². The fraction of sp³-hybridized carbons (Fsp3) is 0.0909. The van der Waals surface area contributed by atoms with E-state index < -0.39 is 0 Å². The smallest absolute Gasteiger partial charge is 0.157 e. The van der Waals surface area contributed by atoms with Crippen LogP contribution in [0.4, 0.5) is 15.2 Å². The Hall–Kier alpha value is -1.65. The topological polar surface area (TPSA) is 74.7 Å². The van der Waals surface area contributed by atoms with E-state index in [1.807, 2.05) is 6.07 Å². The highest BCUT2D eigenvalue weighted by Crippen LogP contribution is 2.27. The molecule has 92 valence electrons. The number of nitrogen functional groups attached to an aromatic ring is 1. The Morgan fingerprint density at radius 1 is 1.56 bits per heavy atom. The summed E-state index contributed by atoms with van der Waals surface area (Å²) < 4.78 is 17.8. The van der Waals surface area contributed by atoms with Gasteiger partial charge in [0.1, 0.15) is 22.5 Å². The molecule has 2 aromatic rings. The van der Waals surface area contributed by atoms with Crippen molar-refractivity contribution < 1.29 is 4.39 Å². The van der Waals surface area contributed by atoms with Crippen LogP contribution in [0, 0.1) is 17.1 Å². The lowest BCUT2D eigenvalue weighted by Gasteiger charge is -2.06. The molecule has 0 bridgehead atoms. The predicted molar refractivity (Wildman–Crippen MR) is 72.7 cm³/mol. The van der Waals surface area contributed by atoms with Gasteiger partial charge < -0.3 is 11.1 Å². The van der Waals surface area contributed by atoms with Crippen LogP contribution in [0.25, 0.3) is 0 Å². The number of rotatable bonds is 3. The molecule has 1 aromatic heterocycles. The molecule has 0 aliphatic carbocycles. The molecule has 7 heteroatoms. The van der Waals surface area contributed by atoms with E-state index >= 15 is 0 Å². The molecule has 2 rings (SSSR count). The van der Waals surface area contributed by atoms with Crippen molar-refractivity contribution in [1.29, 1.82) is 5.26 Å². The van der Waals surface area contributed by atoms with E-state index in [-0.39, 0.29) is 11.6 Å². The van der Waals surface area contributed by atoms with E-state index in [1.165, 1.54) is 12.1 Å². The standard InChI is InChI=1S/C11H8BrFN4S/c12-9-2-1-7(13)3-6(9)5-16-11-8(4-14)10(15)17-18-11/h1-3,16H,5H2,(H2,15,17). The number of benzene rings is 1. The van der Waals surface area contributed by atoms with E-state index in [0.717, 1.165) is 21.6 Å². The molecule has 0 amide bonds. The number of hydrogen-bond acceptors (Lipinski definition) is 5. The number of anilines is 2. The first-order valence-electron chi connectivity index (χ1n) is 4.95. The Balaban J connectivity index is 2.17. The molecule has 0 unspecified atom stereocenters. The van der Waals surface area contributed by atoms with Gasteiger partial charge in [-0.3, -0.25) is 0 Å². The molecule has 0 aliphatic rings. The van der Waals surface area contributed by atoms with Gasteiger partial charge in [0, 0.05) is 11.0 Å². The Kier molecular flexibility index (Phi) is 3.79. The minimum absolute atomic E-state index is 0.211. The molecule has 3 N–H and O–H groups in total. The third-order valence-electron chi connectivity index (χ3n) is 2.28. The molecule has 0 fully saturated rings. The third kappa shape index (κ3) is 2.60. The molecule has 0 saturated carbocycles. The number of halogens is 2. The number of nitrogens with one attached hydrogen (secondary N) is 1. The molecule has 18 heavy (non-hydrogen) atoms. The second kappa shape index (κ2) is 5.33. The predicted octanol–water partition coefficient (Wildman–Crippen LogP) is 3.11. The molecular weight excluding hydrogens is 319 g/mol. The first kappa shape index (κ1) is 12.8. The summed E-state index contributed by atoms with van der Waals surface area (Å²) in [6, 6.07) is 6.42. The zero-order chi connectivity index (χ0) is 13.1. The Bertz CT molecular complexity index is 618. The average Bonchev–Trinajstić information content (AvgIpc) is 2.71. The number of hydrogen-bond donors (Lipinski definition) is 2. The minimum atomic E-state index is -0.306. The molecule has 1 heterocycles. The normalized spacial score (nSPS) is 10.1. The quantitative estimate of drug-likeness (QED) is 0.908. The van der Waals surface area contributed by atoms with Gasteiger partial charge in [0.15, 0.2) is 5.82 Å². The number of aromatic nitrogens is 1. The SMILES string of the molecule is N#Cc1c(N)nsc1NCc1cc(F)ccc1Br. The summed E-state index contributed by atoms with van der Waals surface area (Å²) in [6.07, 6.45) is 0. The molecule has 0 atom stereocenters. The van der Waals surface area contributed by atoms with Crippen LogP contribution in [0.1, 0.15) is 11.1 Å². The van der Waals surface area contributed by atoms with Gasteiger partial charge in [-0.25, -0.2) is 4.39 Å². The van der Waals surface area contributed by atoms with Crippen molar-refractivity contribution in [2.75, 3.05) is 11.1 Å². The first-order chi connectivity index (χ1) is 8.61. The van der Waals surface area contributed by atoms with Gasteiger partial charge in [0.2, 0.25) is 0 Å². The van der Waals surface area contributed by atoms with Crippen molar-refractivity contribution >= 4 is 38.3 Å². The van der Waals surface area contributed by atoms with Crippen molar-refractivity contribution in [1.82, 2.24) is 4.37 Å². The minimum Gasteiger partial charge on any atom is -0.382 e. The van der Waals surface area contributed by atoms with Crippen molar-refractivity contribution in [3.8, 4) is 6.07 Å². The Morgan fingerprint density at radius 2 is 2.33 bits per heavy atom. The maximum absolute atomic E-state index is 13.1. The van der Waals surface area contributed by atoms with Crippen molar-refractivity contribution in [3.63, 3.8) is 0 Å². The maximum atomic E-state index is 13.1. The van der Waals surface area contributed by atoms with Gasteiger partial charge in [0.05, 0.1) is 0 Å². The van der Waals surface area contributed by atoms with E-state index in [1.54, 1.807) is 6.07 Å². The zero-order valence-corrected chi connectivity index (χ0v) is 11.5. The van der Waals surface area contributed by atoms with Gasteiger partial charge in [-0.1, -0.05) is 15.9 Å². The number of nitriles is 1. The average molecular weight is 327 g/mol. The second-order valence-corrected chi connectivity index (χ2v) is 5.10. The van der Waals surface area contributed by atoms with Gasteiger partial charge in [-0.15, -0.1) is 0 Å². The van der Waals surface area contributed by atoms with Crippen LogP contribution in [0.15, 0.2) is 22.7 Å². The molecule has 0 spiro atoms. The van der Waals surface area contributed by atoms with Crippen LogP contribution in [0.3, 0.4) is 0 Å². The summed E-state index contributed by atoms with van der Waals surface area (Å²) in [7, 11) is 0.